The molecule has 2 aliphatic heterocycles. The van der Waals surface area contributed by atoms with Gasteiger partial charge < -0.3 is 9.64 Å². The molecule has 0 N–H and O–H groups in total. The predicted molar refractivity (Wildman–Crippen MR) is 93.4 cm³/mol. The maximum absolute atomic E-state index is 13.6. The van der Waals surface area contributed by atoms with Gasteiger partial charge in [-0.3, -0.25) is 9.48 Å². The molecule has 25 heavy (non-hydrogen) atoms. The van der Waals surface area contributed by atoms with Gasteiger partial charge >= 0.3 is 0 Å². The second-order valence-electron chi connectivity index (χ2n) is 6.60. The van der Waals surface area contributed by atoms with E-state index in [4.69, 9.17) is 4.74 Å². The van der Waals surface area contributed by atoms with E-state index in [1.165, 1.54) is 29.6 Å². The number of ether oxygens (including phenoxy) is 1. The van der Waals surface area contributed by atoms with Crippen LogP contribution in [0.5, 0.6) is 0 Å². The fraction of sp³-hybridized carbons (Fsp3) is 0.647. The van der Waals surface area contributed by atoms with Crippen LogP contribution in [0, 0.1) is 0 Å². The molecule has 1 atom stereocenters. The molecule has 8 heteroatoms. The second kappa shape index (κ2) is 7.07. The molecule has 0 aromatic carbocycles. The minimum Gasteiger partial charge on any atom is -0.381 e. The highest BCUT2D eigenvalue weighted by Gasteiger charge is 2.34. The first-order chi connectivity index (χ1) is 11.8. The quantitative estimate of drug-likeness (QED) is 0.816. The summed E-state index contributed by atoms with van der Waals surface area (Å²) in [6.45, 7) is 2.28. The van der Waals surface area contributed by atoms with Crippen molar-refractivity contribution in [1.82, 2.24) is 14.7 Å². The van der Waals surface area contributed by atoms with E-state index in [2.05, 4.69) is 5.10 Å². The minimum absolute atomic E-state index is 0.114. The maximum Gasteiger partial charge on any atom is 0.286 e. The summed E-state index contributed by atoms with van der Waals surface area (Å²) >= 11 is 1.42. The van der Waals surface area contributed by atoms with Crippen LogP contribution < -0.4 is 0 Å². The molecule has 1 aromatic heterocycles. The number of likely N-dealkylation sites (tertiary alicyclic amines) is 1. The lowest BCUT2D eigenvalue weighted by Crippen LogP contribution is -2.44. The van der Waals surface area contributed by atoms with Gasteiger partial charge in [-0.15, -0.1) is 11.8 Å². The van der Waals surface area contributed by atoms with E-state index in [9.17, 15) is 13.6 Å². The number of nitrogens with zero attached hydrogens (tertiary/aromatic N) is 3. The summed E-state index contributed by atoms with van der Waals surface area (Å²) in [5, 5.41) is 4.00. The number of allylic oxidation sites excluding steroid dienone is 1. The topological polar surface area (TPSA) is 47.4 Å². The predicted octanol–water partition coefficient (Wildman–Crippen LogP) is 3.02. The van der Waals surface area contributed by atoms with Gasteiger partial charge in [0, 0.05) is 39.1 Å². The van der Waals surface area contributed by atoms with Crippen molar-refractivity contribution in [2.45, 2.75) is 43.5 Å². The van der Waals surface area contributed by atoms with Gasteiger partial charge in [-0.05, 0) is 25.3 Å². The number of hydrogen-bond donors (Lipinski definition) is 0. The van der Waals surface area contributed by atoms with E-state index in [-0.39, 0.29) is 23.0 Å². The highest BCUT2D eigenvalue weighted by atomic mass is 32.2. The summed E-state index contributed by atoms with van der Waals surface area (Å²) < 4.78 is 33.7. The number of carbonyl (C=O) groups excluding carboxylic acids is 1. The lowest BCUT2D eigenvalue weighted by atomic mass is 10.1. The van der Waals surface area contributed by atoms with Crippen LogP contribution in [0.2, 0.25) is 0 Å². The second-order valence-corrected chi connectivity index (χ2v) is 7.84. The third-order valence-electron chi connectivity index (χ3n) is 4.73. The molecule has 1 saturated heterocycles. The van der Waals surface area contributed by atoms with E-state index in [0.29, 0.717) is 25.2 Å². The Bertz CT molecular complexity index is 676. The molecule has 0 saturated carbocycles. The Morgan fingerprint density at radius 3 is 2.64 bits per heavy atom. The van der Waals surface area contributed by atoms with Crippen molar-refractivity contribution < 1.29 is 18.3 Å². The Morgan fingerprint density at radius 1 is 1.40 bits per heavy atom. The summed E-state index contributed by atoms with van der Waals surface area (Å²) in [5.74, 6) is -2.83. The van der Waals surface area contributed by atoms with Crippen molar-refractivity contribution in [2.24, 2.45) is 7.05 Å². The van der Waals surface area contributed by atoms with Crippen molar-refractivity contribution in [3.05, 3.63) is 23.5 Å². The maximum atomic E-state index is 13.6. The highest BCUT2D eigenvalue weighted by Crippen LogP contribution is 2.41. The number of hydrogen-bond acceptors (Lipinski definition) is 4. The first-order valence-electron chi connectivity index (χ1n) is 8.40. The summed E-state index contributed by atoms with van der Waals surface area (Å²) in [6, 6.07) is 1.41. The SMILES string of the molecule is COC1CCN(C(=O)C2CC=C(c3cc(C(C)(F)F)n(C)n3)S2)CC1. The third kappa shape index (κ3) is 3.89. The average molecular weight is 371 g/mol. The number of methoxy groups -OCH3 is 1. The standard InChI is InChI=1S/C17H23F2N3O2S/c1-17(18,19)15-10-12(20-21(15)2)13-4-5-14(25-13)16(23)22-8-6-11(24-3)7-9-22/h4,10-11,14H,5-9H2,1-3H3. The Hall–Kier alpha value is -1.41. The van der Waals surface area contributed by atoms with Gasteiger partial charge in [-0.1, -0.05) is 6.08 Å². The van der Waals surface area contributed by atoms with E-state index >= 15 is 0 Å². The van der Waals surface area contributed by atoms with Crippen LogP contribution in [0.1, 0.15) is 37.6 Å². The van der Waals surface area contributed by atoms with E-state index in [1.807, 2.05) is 11.0 Å². The smallest absolute Gasteiger partial charge is 0.286 e. The monoisotopic (exact) mass is 371 g/mol. The lowest BCUT2D eigenvalue weighted by molar-refractivity contribution is -0.132. The zero-order valence-electron chi connectivity index (χ0n) is 14.7. The van der Waals surface area contributed by atoms with Crippen LogP contribution in [-0.2, 0) is 22.5 Å². The number of carbonyl (C=O) groups is 1. The van der Waals surface area contributed by atoms with Crippen molar-refractivity contribution in [3.8, 4) is 0 Å². The molecule has 0 spiro atoms. The van der Waals surface area contributed by atoms with Crippen molar-refractivity contribution in [1.29, 1.82) is 0 Å². The Balaban J connectivity index is 1.63. The summed E-state index contributed by atoms with van der Waals surface area (Å²) in [4.78, 5) is 15.4. The molecule has 0 bridgehead atoms. The number of halogens is 2. The van der Waals surface area contributed by atoms with Crippen LogP contribution in [0.25, 0.3) is 4.91 Å². The van der Waals surface area contributed by atoms with Gasteiger partial charge in [0.05, 0.1) is 17.0 Å². The van der Waals surface area contributed by atoms with Crippen LogP contribution >= 0.6 is 11.8 Å². The first-order valence-corrected chi connectivity index (χ1v) is 9.28. The number of aromatic nitrogens is 2. The molecular formula is C17H23F2N3O2S. The molecule has 2 aliphatic rings. The zero-order valence-corrected chi connectivity index (χ0v) is 15.5. The molecule has 1 unspecified atom stereocenters. The summed E-state index contributed by atoms with van der Waals surface area (Å²) in [5.41, 5.74) is 0.387. The van der Waals surface area contributed by atoms with E-state index in [0.717, 1.165) is 24.7 Å². The number of thioether (sulfide) groups is 1. The number of rotatable bonds is 4. The summed E-state index contributed by atoms with van der Waals surface area (Å²) in [6.07, 6.45) is 4.48. The molecule has 1 amide bonds. The van der Waals surface area contributed by atoms with E-state index in [1.54, 1.807) is 7.11 Å². The Morgan fingerprint density at radius 2 is 2.08 bits per heavy atom. The van der Waals surface area contributed by atoms with E-state index < -0.39 is 5.92 Å². The van der Waals surface area contributed by atoms with Crippen LogP contribution in [0.4, 0.5) is 8.78 Å². The molecule has 0 radical (unpaired) electrons. The van der Waals surface area contributed by atoms with Crippen molar-refractivity contribution in [3.63, 3.8) is 0 Å². The third-order valence-corrected chi connectivity index (χ3v) is 6.04. The van der Waals surface area contributed by atoms with Gasteiger partial charge in [0.25, 0.3) is 5.92 Å². The molecule has 138 valence electrons. The molecule has 1 aromatic rings. The first kappa shape index (κ1) is 18.4. The fourth-order valence-electron chi connectivity index (χ4n) is 3.29. The number of amides is 1. The Labute approximate surface area is 150 Å². The largest absolute Gasteiger partial charge is 0.381 e. The minimum atomic E-state index is -2.94. The molecule has 3 rings (SSSR count). The van der Waals surface area contributed by atoms with Crippen molar-refractivity contribution in [2.75, 3.05) is 20.2 Å². The Kier molecular flexibility index (Phi) is 5.20. The van der Waals surface area contributed by atoms with Gasteiger partial charge in [-0.25, -0.2) is 0 Å². The molecule has 1 fully saturated rings. The van der Waals surface area contributed by atoms with Crippen LogP contribution in [0.15, 0.2) is 12.1 Å². The fourth-order valence-corrected chi connectivity index (χ4v) is 4.46. The highest BCUT2D eigenvalue weighted by molar-refractivity contribution is 8.09. The number of aryl methyl sites for hydroxylation is 1. The van der Waals surface area contributed by atoms with Gasteiger partial charge in [0.1, 0.15) is 5.69 Å². The number of alkyl halides is 2. The van der Waals surface area contributed by atoms with Gasteiger partial charge in [0.2, 0.25) is 5.91 Å². The lowest BCUT2D eigenvalue weighted by Gasteiger charge is -2.32. The molecule has 5 nitrogen and oxygen atoms in total. The molecular weight excluding hydrogens is 348 g/mol. The molecule has 3 heterocycles. The van der Waals surface area contributed by atoms with Crippen LogP contribution in [0.3, 0.4) is 0 Å². The van der Waals surface area contributed by atoms with Gasteiger partial charge in [0.15, 0.2) is 0 Å². The van der Waals surface area contributed by atoms with Gasteiger partial charge in [-0.2, -0.15) is 13.9 Å². The summed E-state index contributed by atoms with van der Waals surface area (Å²) in [7, 11) is 3.21. The van der Waals surface area contributed by atoms with Crippen molar-refractivity contribution >= 4 is 22.6 Å². The van der Waals surface area contributed by atoms with Crippen LogP contribution in [-0.4, -0.2) is 52.1 Å². The zero-order chi connectivity index (χ0) is 18.2. The normalized spacial score (nSPS) is 22.4. The number of piperidine rings is 1. The average Bonchev–Trinajstić information content (AvgIpc) is 3.20. The molecule has 0 aliphatic carbocycles.